The minimum absolute atomic E-state index is 0.210. The standard InChI is InChI=1S/C14H17N3/c1-9-13(8-16-17(9)2)11-4-3-10-5-6-14(15)12(10)7-11/h3-4,7-8,14H,5-6,15H2,1-2H3. The third-order valence-corrected chi connectivity index (χ3v) is 3.82. The summed E-state index contributed by atoms with van der Waals surface area (Å²) in [7, 11) is 1.97. The maximum atomic E-state index is 6.12. The number of aromatic nitrogens is 2. The molecule has 0 saturated heterocycles. The van der Waals surface area contributed by atoms with E-state index in [2.05, 4.69) is 30.2 Å². The lowest BCUT2D eigenvalue weighted by Crippen LogP contribution is -2.05. The van der Waals surface area contributed by atoms with Gasteiger partial charge in [0.25, 0.3) is 0 Å². The average Bonchev–Trinajstić information content (AvgIpc) is 2.85. The molecule has 1 unspecified atom stereocenters. The predicted molar refractivity (Wildman–Crippen MR) is 68.6 cm³/mol. The zero-order chi connectivity index (χ0) is 12.0. The van der Waals surface area contributed by atoms with Crippen molar-refractivity contribution in [3.63, 3.8) is 0 Å². The van der Waals surface area contributed by atoms with Crippen molar-refractivity contribution in [1.82, 2.24) is 9.78 Å². The Morgan fingerprint density at radius 2 is 2.24 bits per heavy atom. The number of nitrogens with two attached hydrogens (primary N) is 1. The van der Waals surface area contributed by atoms with E-state index in [0.29, 0.717) is 0 Å². The molecule has 2 N–H and O–H groups in total. The van der Waals surface area contributed by atoms with Crippen LogP contribution in [0.2, 0.25) is 0 Å². The molecule has 3 heteroatoms. The van der Waals surface area contributed by atoms with Gasteiger partial charge in [-0.05, 0) is 42.5 Å². The van der Waals surface area contributed by atoms with Crippen molar-refractivity contribution in [2.24, 2.45) is 12.8 Å². The summed E-state index contributed by atoms with van der Waals surface area (Å²) in [6.07, 6.45) is 4.12. The molecule has 1 aliphatic carbocycles. The van der Waals surface area contributed by atoms with Crippen molar-refractivity contribution in [2.45, 2.75) is 25.8 Å². The summed E-state index contributed by atoms with van der Waals surface area (Å²) >= 11 is 0. The van der Waals surface area contributed by atoms with Gasteiger partial charge in [0, 0.05) is 24.3 Å². The highest BCUT2D eigenvalue weighted by Gasteiger charge is 2.19. The van der Waals surface area contributed by atoms with Crippen molar-refractivity contribution in [3.05, 3.63) is 41.2 Å². The average molecular weight is 227 g/mol. The third kappa shape index (κ3) is 1.58. The van der Waals surface area contributed by atoms with Crippen LogP contribution >= 0.6 is 0 Å². The molecule has 1 aromatic carbocycles. The van der Waals surface area contributed by atoms with Crippen LogP contribution in [0.4, 0.5) is 0 Å². The Hall–Kier alpha value is -1.61. The zero-order valence-corrected chi connectivity index (χ0v) is 10.3. The highest BCUT2D eigenvalue weighted by atomic mass is 15.3. The lowest BCUT2D eigenvalue weighted by Gasteiger charge is -2.08. The first kappa shape index (κ1) is 10.5. The largest absolute Gasteiger partial charge is 0.324 e. The Morgan fingerprint density at radius 3 is 2.94 bits per heavy atom. The van der Waals surface area contributed by atoms with Crippen LogP contribution in [0.3, 0.4) is 0 Å². The van der Waals surface area contributed by atoms with Gasteiger partial charge in [0.1, 0.15) is 0 Å². The Morgan fingerprint density at radius 1 is 1.41 bits per heavy atom. The summed E-state index contributed by atoms with van der Waals surface area (Å²) in [6, 6.07) is 6.84. The van der Waals surface area contributed by atoms with E-state index in [-0.39, 0.29) is 6.04 Å². The second-order valence-electron chi connectivity index (χ2n) is 4.83. The van der Waals surface area contributed by atoms with Gasteiger partial charge in [0.05, 0.1) is 6.20 Å². The fourth-order valence-electron chi connectivity index (χ4n) is 2.58. The minimum Gasteiger partial charge on any atom is -0.324 e. The molecule has 1 aromatic heterocycles. The van der Waals surface area contributed by atoms with E-state index < -0.39 is 0 Å². The minimum atomic E-state index is 0.210. The molecule has 1 heterocycles. The smallest absolute Gasteiger partial charge is 0.0571 e. The summed E-state index contributed by atoms with van der Waals surface area (Å²) in [6.45, 7) is 2.09. The number of rotatable bonds is 1. The number of fused-ring (bicyclic) bond motifs is 1. The second kappa shape index (κ2) is 3.70. The summed E-state index contributed by atoms with van der Waals surface area (Å²) in [5.41, 5.74) is 12.5. The second-order valence-corrected chi connectivity index (χ2v) is 4.83. The number of nitrogens with zero attached hydrogens (tertiary/aromatic N) is 2. The van der Waals surface area contributed by atoms with Crippen LogP contribution in [0.15, 0.2) is 24.4 Å². The molecule has 17 heavy (non-hydrogen) atoms. The van der Waals surface area contributed by atoms with Crippen molar-refractivity contribution < 1.29 is 0 Å². The molecule has 0 amide bonds. The number of benzene rings is 1. The molecule has 3 rings (SSSR count). The monoisotopic (exact) mass is 227 g/mol. The van der Waals surface area contributed by atoms with E-state index in [1.54, 1.807) is 0 Å². The molecule has 1 atom stereocenters. The zero-order valence-electron chi connectivity index (χ0n) is 10.3. The van der Waals surface area contributed by atoms with Crippen LogP contribution < -0.4 is 5.73 Å². The molecular formula is C14H17N3. The fourth-order valence-corrected chi connectivity index (χ4v) is 2.58. The normalized spacial score (nSPS) is 18.4. The van der Waals surface area contributed by atoms with Crippen molar-refractivity contribution in [3.8, 4) is 11.1 Å². The predicted octanol–water partition coefficient (Wildman–Crippen LogP) is 2.34. The van der Waals surface area contributed by atoms with Crippen LogP contribution in [0.1, 0.15) is 29.3 Å². The third-order valence-electron chi connectivity index (χ3n) is 3.82. The highest BCUT2D eigenvalue weighted by Crippen LogP contribution is 2.33. The fraction of sp³-hybridized carbons (Fsp3) is 0.357. The van der Waals surface area contributed by atoms with Crippen LogP contribution in [0.25, 0.3) is 11.1 Å². The number of hydrogen-bond acceptors (Lipinski definition) is 2. The van der Waals surface area contributed by atoms with Crippen LogP contribution in [-0.4, -0.2) is 9.78 Å². The van der Waals surface area contributed by atoms with Crippen molar-refractivity contribution in [2.75, 3.05) is 0 Å². The molecule has 0 aliphatic heterocycles. The first-order valence-corrected chi connectivity index (χ1v) is 6.04. The quantitative estimate of drug-likeness (QED) is 0.812. The Kier molecular flexibility index (Phi) is 2.30. The van der Waals surface area contributed by atoms with E-state index in [0.717, 1.165) is 12.8 Å². The van der Waals surface area contributed by atoms with Gasteiger partial charge in [0.15, 0.2) is 0 Å². The Balaban J connectivity index is 2.11. The number of hydrogen-bond donors (Lipinski definition) is 1. The van der Waals surface area contributed by atoms with Crippen LogP contribution in [0.5, 0.6) is 0 Å². The molecule has 0 radical (unpaired) electrons. The van der Waals surface area contributed by atoms with Gasteiger partial charge >= 0.3 is 0 Å². The molecule has 3 nitrogen and oxygen atoms in total. The first-order valence-electron chi connectivity index (χ1n) is 6.04. The maximum Gasteiger partial charge on any atom is 0.0571 e. The molecule has 2 aromatic rings. The maximum absolute atomic E-state index is 6.12. The highest BCUT2D eigenvalue weighted by molar-refractivity contribution is 5.67. The van der Waals surface area contributed by atoms with Crippen LogP contribution in [-0.2, 0) is 13.5 Å². The molecule has 0 saturated carbocycles. The van der Waals surface area contributed by atoms with Gasteiger partial charge in [-0.15, -0.1) is 0 Å². The number of aryl methyl sites for hydroxylation is 2. The van der Waals surface area contributed by atoms with Gasteiger partial charge in [-0.2, -0.15) is 5.10 Å². The topological polar surface area (TPSA) is 43.8 Å². The summed E-state index contributed by atoms with van der Waals surface area (Å²) in [5.74, 6) is 0. The van der Waals surface area contributed by atoms with Crippen molar-refractivity contribution in [1.29, 1.82) is 0 Å². The first-order chi connectivity index (χ1) is 8.16. The summed E-state index contributed by atoms with van der Waals surface area (Å²) in [5, 5.41) is 4.29. The molecule has 0 spiro atoms. The molecule has 88 valence electrons. The van der Waals surface area contributed by atoms with E-state index in [1.165, 1.54) is 27.9 Å². The molecule has 0 bridgehead atoms. The van der Waals surface area contributed by atoms with E-state index in [9.17, 15) is 0 Å². The van der Waals surface area contributed by atoms with Gasteiger partial charge in [-0.1, -0.05) is 12.1 Å². The molecular weight excluding hydrogens is 210 g/mol. The van der Waals surface area contributed by atoms with Gasteiger partial charge in [-0.25, -0.2) is 0 Å². The van der Waals surface area contributed by atoms with E-state index in [1.807, 2.05) is 17.9 Å². The Labute approximate surface area is 101 Å². The molecule has 1 aliphatic rings. The lowest BCUT2D eigenvalue weighted by molar-refractivity contribution is 0.713. The van der Waals surface area contributed by atoms with Gasteiger partial charge in [0.2, 0.25) is 0 Å². The van der Waals surface area contributed by atoms with Crippen LogP contribution in [0, 0.1) is 6.92 Å². The Bertz CT molecular complexity index is 569. The summed E-state index contributed by atoms with van der Waals surface area (Å²) in [4.78, 5) is 0. The lowest BCUT2D eigenvalue weighted by atomic mass is 10.00. The van der Waals surface area contributed by atoms with Crippen molar-refractivity contribution >= 4 is 0 Å². The SMILES string of the molecule is Cc1c(-c2ccc3c(c2)C(N)CC3)cnn1C. The van der Waals surface area contributed by atoms with E-state index in [4.69, 9.17) is 5.73 Å². The van der Waals surface area contributed by atoms with Gasteiger partial charge in [-0.3, -0.25) is 4.68 Å². The molecule has 0 fully saturated rings. The summed E-state index contributed by atoms with van der Waals surface area (Å²) < 4.78 is 1.91. The van der Waals surface area contributed by atoms with E-state index >= 15 is 0 Å². The van der Waals surface area contributed by atoms with Gasteiger partial charge < -0.3 is 5.73 Å².